The maximum absolute atomic E-state index is 11.2. The molecule has 4 atom stereocenters. The maximum atomic E-state index is 11.2. The summed E-state index contributed by atoms with van der Waals surface area (Å²) >= 11 is 6.40. The second kappa shape index (κ2) is 10.3. The van der Waals surface area contributed by atoms with Crippen LogP contribution in [0.5, 0.6) is 0 Å². The number of fused-ring (bicyclic) bond motifs is 2. The number of nitrogens with zero attached hydrogens (tertiary/aromatic N) is 3. The highest BCUT2D eigenvalue weighted by Gasteiger charge is 2.63. The van der Waals surface area contributed by atoms with E-state index in [0.717, 1.165) is 11.0 Å². The Morgan fingerprint density at radius 2 is 1.63 bits per heavy atom. The summed E-state index contributed by atoms with van der Waals surface area (Å²) in [7, 11) is -2.85. The molecule has 2 aromatic carbocycles. The Morgan fingerprint density at radius 3 is 2.22 bits per heavy atom. The Labute approximate surface area is 247 Å². The quantitative estimate of drug-likeness (QED) is 0.238. The van der Waals surface area contributed by atoms with Crippen LogP contribution >= 0.6 is 11.6 Å². The van der Waals surface area contributed by atoms with E-state index in [2.05, 4.69) is 83.8 Å². The summed E-state index contributed by atoms with van der Waals surface area (Å²) in [5, 5.41) is 14.6. The van der Waals surface area contributed by atoms with Crippen LogP contribution in [0.1, 0.15) is 47.1 Å². The minimum absolute atomic E-state index is 0.1000. The lowest BCUT2D eigenvalue weighted by molar-refractivity contribution is -0.175. The number of aliphatic hydroxyl groups is 1. The van der Waals surface area contributed by atoms with E-state index in [1.165, 1.54) is 16.7 Å². The molecule has 1 N–H and O–H groups in total. The number of hydrogen-bond acceptors (Lipinski definition) is 6. The van der Waals surface area contributed by atoms with Crippen molar-refractivity contribution in [3.63, 3.8) is 0 Å². The van der Waals surface area contributed by atoms with E-state index in [1.54, 1.807) is 0 Å². The first kappa shape index (κ1) is 28.5. The molecule has 1 saturated carbocycles. The molecule has 3 heterocycles. The van der Waals surface area contributed by atoms with E-state index >= 15 is 0 Å². The number of benzene rings is 2. The second-order valence-electron chi connectivity index (χ2n) is 12.9. The van der Waals surface area contributed by atoms with Crippen LogP contribution in [-0.2, 0) is 13.9 Å². The number of ether oxygens (including phenoxy) is 2. The van der Waals surface area contributed by atoms with Crippen molar-refractivity contribution in [3.05, 3.63) is 84.4 Å². The van der Waals surface area contributed by atoms with Crippen LogP contribution in [0.3, 0.4) is 0 Å². The van der Waals surface area contributed by atoms with Crippen molar-refractivity contribution in [3.8, 4) is 0 Å². The van der Waals surface area contributed by atoms with Gasteiger partial charge in [-0.2, -0.15) is 0 Å². The maximum Gasteiger partial charge on any atom is 0.261 e. The molecule has 1 aliphatic heterocycles. The van der Waals surface area contributed by atoms with Crippen LogP contribution in [0.4, 0.5) is 0 Å². The molecule has 4 aromatic rings. The number of aromatic nitrogens is 3. The molecule has 2 aromatic heterocycles. The first-order chi connectivity index (χ1) is 19.5. The third kappa shape index (κ3) is 4.65. The predicted octanol–water partition coefficient (Wildman–Crippen LogP) is 5.10. The number of halogens is 1. The Kier molecular flexibility index (Phi) is 7.16. The SMILES string of the molecule is CC1(C)O[C@H]2C(n3ccc4c(Cl)ncnc43)C[C@@](CO)(CO[Si](c3ccccc3)(c3ccccc3)C(C)(C)C)[C@H]2O1. The molecule has 6 rings (SSSR count). The average molecular weight is 592 g/mol. The largest absolute Gasteiger partial charge is 0.407 e. The van der Waals surface area contributed by atoms with Crippen molar-refractivity contribution in [2.24, 2.45) is 5.41 Å². The lowest BCUT2D eigenvalue weighted by atomic mass is 9.85. The fourth-order valence-corrected chi connectivity index (χ4v) is 11.9. The standard InChI is InChI=1S/C32H38ClN3O4Si/c1-30(2,3)41(22-12-8-6-9-13-22,23-14-10-7-11-15-23)38-20-32(19-37)18-25(26-27(32)40-31(4,5)39-26)36-17-16-24-28(33)34-21-35-29(24)36/h6-17,21,25-27,37H,18-20H2,1-5H3/t25?,26-,27-,32+/m0/s1. The highest BCUT2D eigenvalue weighted by atomic mass is 35.5. The second-order valence-corrected chi connectivity index (χ2v) is 17.6. The van der Waals surface area contributed by atoms with Gasteiger partial charge in [0.1, 0.15) is 23.2 Å². The molecular weight excluding hydrogens is 554 g/mol. The topological polar surface area (TPSA) is 78.6 Å². The highest BCUT2D eigenvalue weighted by Crippen LogP contribution is 2.54. The molecule has 1 saturated heterocycles. The van der Waals surface area contributed by atoms with Crippen molar-refractivity contribution >= 4 is 41.3 Å². The van der Waals surface area contributed by atoms with Crippen molar-refractivity contribution in [1.82, 2.24) is 14.5 Å². The van der Waals surface area contributed by atoms with Crippen LogP contribution in [-0.4, -0.2) is 59.2 Å². The average Bonchev–Trinajstić information content (AvgIpc) is 3.60. The zero-order chi connectivity index (χ0) is 29.0. The smallest absolute Gasteiger partial charge is 0.261 e. The van der Waals surface area contributed by atoms with E-state index in [1.807, 2.05) is 38.2 Å². The third-order valence-electron chi connectivity index (χ3n) is 8.85. The monoisotopic (exact) mass is 591 g/mol. The van der Waals surface area contributed by atoms with Crippen molar-refractivity contribution in [2.45, 2.75) is 70.1 Å². The van der Waals surface area contributed by atoms with Crippen LogP contribution in [0.25, 0.3) is 11.0 Å². The van der Waals surface area contributed by atoms with Gasteiger partial charge in [-0.1, -0.05) is 93.0 Å². The molecule has 216 valence electrons. The van der Waals surface area contributed by atoms with Gasteiger partial charge in [0.05, 0.1) is 24.1 Å². The molecule has 7 nitrogen and oxygen atoms in total. The number of aliphatic hydroxyl groups excluding tert-OH is 1. The van der Waals surface area contributed by atoms with E-state index in [0.29, 0.717) is 18.2 Å². The molecule has 0 radical (unpaired) electrons. The molecule has 0 amide bonds. The summed E-state index contributed by atoms with van der Waals surface area (Å²) in [5.74, 6) is -0.804. The minimum Gasteiger partial charge on any atom is -0.407 e. The summed E-state index contributed by atoms with van der Waals surface area (Å²) in [4.78, 5) is 8.70. The van der Waals surface area contributed by atoms with Gasteiger partial charge in [-0.15, -0.1) is 0 Å². The molecular formula is C32H38ClN3O4Si. The first-order valence-electron chi connectivity index (χ1n) is 14.2. The Balaban J connectivity index is 1.44. The van der Waals surface area contributed by atoms with Gasteiger partial charge >= 0.3 is 0 Å². The third-order valence-corrected chi connectivity index (χ3v) is 14.1. The number of hydrogen-bond donors (Lipinski definition) is 1. The minimum atomic E-state index is -2.85. The molecule has 41 heavy (non-hydrogen) atoms. The molecule has 2 aliphatic rings. The molecule has 0 spiro atoms. The van der Waals surface area contributed by atoms with Crippen molar-refractivity contribution in [2.75, 3.05) is 13.2 Å². The summed E-state index contributed by atoms with van der Waals surface area (Å²) in [6.45, 7) is 10.9. The fraction of sp³-hybridized carbons (Fsp3) is 0.438. The zero-order valence-corrected chi connectivity index (χ0v) is 26.0. The lowest BCUT2D eigenvalue weighted by Gasteiger charge is -2.45. The number of rotatable bonds is 7. The molecule has 1 aliphatic carbocycles. The summed E-state index contributed by atoms with van der Waals surface area (Å²) in [5.41, 5.74) is 0.0348. The van der Waals surface area contributed by atoms with Crippen molar-refractivity contribution < 1.29 is 19.0 Å². The van der Waals surface area contributed by atoms with Crippen LogP contribution < -0.4 is 10.4 Å². The summed E-state index contributed by atoms with van der Waals surface area (Å²) in [6, 6.07) is 23.0. The molecule has 0 bridgehead atoms. The van der Waals surface area contributed by atoms with Crippen LogP contribution in [0, 0.1) is 5.41 Å². The van der Waals surface area contributed by atoms with Gasteiger partial charge in [0.2, 0.25) is 0 Å². The fourth-order valence-electron chi connectivity index (χ4n) is 7.01. The Bertz CT molecular complexity index is 1480. The van der Waals surface area contributed by atoms with Crippen LogP contribution in [0.15, 0.2) is 79.3 Å². The van der Waals surface area contributed by atoms with E-state index in [-0.39, 0.29) is 29.9 Å². The Morgan fingerprint density at radius 1 is 1.00 bits per heavy atom. The van der Waals surface area contributed by atoms with E-state index in [4.69, 9.17) is 25.5 Å². The van der Waals surface area contributed by atoms with Gasteiger partial charge in [-0.25, -0.2) is 9.97 Å². The normalized spacial score (nSPS) is 26.0. The highest BCUT2D eigenvalue weighted by molar-refractivity contribution is 6.99. The molecule has 1 unspecified atom stereocenters. The van der Waals surface area contributed by atoms with Gasteiger partial charge in [0, 0.05) is 18.2 Å². The van der Waals surface area contributed by atoms with Gasteiger partial charge < -0.3 is 23.6 Å². The van der Waals surface area contributed by atoms with Gasteiger partial charge in [0.15, 0.2) is 5.79 Å². The first-order valence-corrected chi connectivity index (χ1v) is 16.5. The van der Waals surface area contributed by atoms with E-state index in [9.17, 15) is 5.11 Å². The zero-order valence-electron chi connectivity index (χ0n) is 24.3. The van der Waals surface area contributed by atoms with Gasteiger partial charge in [0.25, 0.3) is 8.32 Å². The predicted molar refractivity (Wildman–Crippen MR) is 163 cm³/mol. The van der Waals surface area contributed by atoms with Gasteiger partial charge in [-0.3, -0.25) is 0 Å². The molecule has 2 fully saturated rings. The van der Waals surface area contributed by atoms with Gasteiger partial charge in [-0.05, 0) is 41.7 Å². The Hall–Kier alpha value is -2.59. The van der Waals surface area contributed by atoms with Crippen LogP contribution in [0.2, 0.25) is 10.2 Å². The van der Waals surface area contributed by atoms with Crippen molar-refractivity contribution in [1.29, 1.82) is 0 Å². The summed E-state index contributed by atoms with van der Waals surface area (Å²) < 4.78 is 22.6. The lowest BCUT2D eigenvalue weighted by Crippen LogP contribution is -2.67. The summed E-state index contributed by atoms with van der Waals surface area (Å²) in [6.07, 6.45) is 3.38. The van der Waals surface area contributed by atoms with E-state index < -0.39 is 19.5 Å². The molecule has 9 heteroatoms.